The molecular formula is C6H15NS2. The summed E-state index contributed by atoms with van der Waals surface area (Å²) in [6.45, 7) is 5.26. The molecule has 0 bridgehead atoms. The Morgan fingerprint density at radius 1 is 1.44 bits per heavy atom. The highest BCUT2D eigenvalue weighted by Crippen LogP contribution is 2.10. The maximum atomic E-state index is 4.31. The molecule has 0 aliphatic heterocycles. The first-order valence-electron chi connectivity index (χ1n) is 3.36. The molecule has 0 saturated carbocycles. The van der Waals surface area contributed by atoms with Gasteiger partial charge in [0.15, 0.2) is 0 Å². The standard InChI is InChI=1S/C6H15NS2/c1-3-5-7(9)6(8)4-2/h6,8-9H,3-5H2,1-2H3. The molecule has 1 nitrogen and oxygen atoms in total. The minimum Gasteiger partial charge on any atom is -0.241 e. The summed E-state index contributed by atoms with van der Waals surface area (Å²) in [5.41, 5.74) is 0. The highest BCUT2D eigenvalue weighted by molar-refractivity contribution is 7.83. The van der Waals surface area contributed by atoms with Crippen LogP contribution in [-0.4, -0.2) is 16.2 Å². The molecule has 1 atom stereocenters. The van der Waals surface area contributed by atoms with Gasteiger partial charge in [-0.25, -0.2) is 4.31 Å². The maximum Gasteiger partial charge on any atom is 0.0621 e. The van der Waals surface area contributed by atoms with Gasteiger partial charge in [0, 0.05) is 6.54 Å². The van der Waals surface area contributed by atoms with Gasteiger partial charge in [0.2, 0.25) is 0 Å². The number of hydrogen-bond donors (Lipinski definition) is 2. The lowest BCUT2D eigenvalue weighted by Crippen LogP contribution is -2.21. The smallest absolute Gasteiger partial charge is 0.0621 e. The molecule has 0 spiro atoms. The van der Waals surface area contributed by atoms with E-state index in [2.05, 4.69) is 39.3 Å². The topological polar surface area (TPSA) is 3.24 Å². The molecule has 0 aliphatic carbocycles. The minimum absolute atomic E-state index is 0.313. The van der Waals surface area contributed by atoms with E-state index in [4.69, 9.17) is 0 Å². The molecule has 56 valence electrons. The maximum absolute atomic E-state index is 4.31. The van der Waals surface area contributed by atoms with Crippen LogP contribution in [0.3, 0.4) is 0 Å². The van der Waals surface area contributed by atoms with Crippen LogP contribution in [0.1, 0.15) is 26.7 Å². The van der Waals surface area contributed by atoms with Crippen LogP contribution in [0.4, 0.5) is 0 Å². The monoisotopic (exact) mass is 165 g/mol. The van der Waals surface area contributed by atoms with Gasteiger partial charge in [0.05, 0.1) is 5.37 Å². The third-order valence-electron chi connectivity index (χ3n) is 1.16. The minimum atomic E-state index is 0.313. The Bertz CT molecular complexity index is 68.1. The normalized spacial score (nSPS) is 14.3. The molecule has 3 heteroatoms. The molecule has 0 radical (unpaired) electrons. The highest BCUT2D eigenvalue weighted by atomic mass is 32.1. The van der Waals surface area contributed by atoms with Gasteiger partial charge in [-0.05, 0) is 12.8 Å². The van der Waals surface area contributed by atoms with Crippen molar-refractivity contribution in [2.75, 3.05) is 6.54 Å². The summed E-state index contributed by atoms with van der Waals surface area (Å²) < 4.78 is 1.96. The first-order chi connectivity index (χ1) is 4.22. The lowest BCUT2D eigenvalue weighted by molar-refractivity contribution is 0.443. The molecule has 9 heavy (non-hydrogen) atoms. The Kier molecular flexibility index (Phi) is 5.84. The predicted molar refractivity (Wildman–Crippen MR) is 49.0 cm³/mol. The summed E-state index contributed by atoms with van der Waals surface area (Å²) in [5.74, 6) is 0. The van der Waals surface area contributed by atoms with E-state index in [0.29, 0.717) is 5.37 Å². The van der Waals surface area contributed by atoms with Crippen molar-refractivity contribution >= 4 is 25.4 Å². The van der Waals surface area contributed by atoms with Crippen molar-refractivity contribution in [1.29, 1.82) is 0 Å². The van der Waals surface area contributed by atoms with Gasteiger partial charge in [0.25, 0.3) is 0 Å². The van der Waals surface area contributed by atoms with Crippen molar-refractivity contribution in [3.05, 3.63) is 0 Å². The van der Waals surface area contributed by atoms with Gasteiger partial charge in [0.1, 0.15) is 0 Å². The average Bonchev–Trinajstić information content (AvgIpc) is 1.87. The van der Waals surface area contributed by atoms with Gasteiger partial charge in [-0.1, -0.05) is 26.7 Å². The second-order valence-electron chi connectivity index (χ2n) is 2.05. The van der Waals surface area contributed by atoms with Gasteiger partial charge in [-0.2, -0.15) is 12.6 Å². The Morgan fingerprint density at radius 2 is 2.00 bits per heavy atom. The van der Waals surface area contributed by atoms with E-state index in [0.717, 1.165) is 19.4 Å². The van der Waals surface area contributed by atoms with Crippen LogP contribution in [0.25, 0.3) is 0 Å². The van der Waals surface area contributed by atoms with Crippen molar-refractivity contribution in [1.82, 2.24) is 4.31 Å². The van der Waals surface area contributed by atoms with E-state index >= 15 is 0 Å². The largest absolute Gasteiger partial charge is 0.241 e. The van der Waals surface area contributed by atoms with Gasteiger partial charge < -0.3 is 0 Å². The fourth-order valence-electron chi connectivity index (χ4n) is 0.589. The average molecular weight is 165 g/mol. The second kappa shape index (κ2) is 5.45. The Labute approximate surface area is 68.8 Å². The number of hydrogen-bond acceptors (Lipinski definition) is 3. The molecule has 0 fully saturated rings. The number of rotatable bonds is 4. The molecule has 0 aromatic rings. The molecule has 0 aromatic heterocycles. The first-order valence-corrected chi connectivity index (χ1v) is 4.27. The van der Waals surface area contributed by atoms with Crippen LogP contribution in [0, 0.1) is 0 Å². The fourth-order valence-corrected chi connectivity index (χ4v) is 1.07. The summed E-state index contributed by atoms with van der Waals surface area (Å²) in [4.78, 5) is 0. The lowest BCUT2D eigenvalue weighted by atomic mass is 10.4. The SMILES string of the molecule is CCCN(S)C(S)CC. The molecular weight excluding hydrogens is 150 g/mol. The quantitative estimate of drug-likeness (QED) is 0.477. The van der Waals surface area contributed by atoms with Gasteiger partial charge >= 0.3 is 0 Å². The van der Waals surface area contributed by atoms with E-state index in [1.165, 1.54) is 0 Å². The van der Waals surface area contributed by atoms with Crippen LogP contribution in [0.2, 0.25) is 0 Å². The van der Waals surface area contributed by atoms with Crippen LogP contribution in [0.15, 0.2) is 0 Å². The van der Waals surface area contributed by atoms with Crippen molar-refractivity contribution < 1.29 is 0 Å². The van der Waals surface area contributed by atoms with Crippen LogP contribution >= 0.6 is 25.4 Å². The highest BCUT2D eigenvalue weighted by Gasteiger charge is 2.05. The first kappa shape index (κ1) is 9.66. The molecule has 0 aromatic carbocycles. The van der Waals surface area contributed by atoms with E-state index in [1.807, 2.05) is 4.31 Å². The summed E-state index contributed by atoms with van der Waals surface area (Å²) in [6.07, 6.45) is 2.19. The Morgan fingerprint density at radius 3 is 2.33 bits per heavy atom. The molecule has 0 saturated heterocycles. The van der Waals surface area contributed by atoms with Gasteiger partial charge in [-0.3, -0.25) is 0 Å². The summed E-state index contributed by atoms with van der Waals surface area (Å²) in [5, 5.41) is 0.313. The summed E-state index contributed by atoms with van der Waals surface area (Å²) in [6, 6.07) is 0. The molecule has 0 amide bonds. The summed E-state index contributed by atoms with van der Waals surface area (Å²) >= 11 is 8.55. The predicted octanol–water partition coefficient (Wildman–Crippen LogP) is 2.21. The van der Waals surface area contributed by atoms with Crippen molar-refractivity contribution in [2.45, 2.75) is 32.1 Å². The molecule has 0 N–H and O–H groups in total. The molecule has 1 unspecified atom stereocenters. The van der Waals surface area contributed by atoms with Crippen LogP contribution in [0.5, 0.6) is 0 Å². The Balaban J connectivity index is 3.32. The number of nitrogens with zero attached hydrogens (tertiary/aromatic N) is 1. The molecule has 0 heterocycles. The van der Waals surface area contributed by atoms with Gasteiger partial charge in [-0.15, -0.1) is 0 Å². The van der Waals surface area contributed by atoms with Crippen molar-refractivity contribution in [3.63, 3.8) is 0 Å². The number of thiol groups is 2. The molecule has 0 rings (SSSR count). The van der Waals surface area contributed by atoms with Crippen molar-refractivity contribution in [2.24, 2.45) is 0 Å². The van der Waals surface area contributed by atoms with Crippen LogP contribution in [-0.2, 0) is 0 Å². The van der Waals surface area contributed by atoms with E-state index in [1.54, 1.807) is 0 Å². The van der Waals surface area contributed by atoms with E-state index in [-0.39, 0.29) is 0 Å². The van der Waals surface area contributed by atoms with Crippen molar-refractivity contribution in [3.8, 4) is 0 Å². The van der Waals surface area contributed by atoms with E-state index in [9.17, 15) is 0 Å². The third kappa shape index (κ3) is 4.12. The Hall–Kier alpha value is 0.660. The van der Waals surface area contributed by atoms with E-state index < -0.39 is 0 Å². The zero-order valence-electron chi connectivity index (χ0n) is 6.04. The zero-order valence-corrected chi connectivity index (χ0v) is 7.83. The lowest BCUT2D eigenvalue weighted by Gasteiger charge is -2.19. The molecule has 0 aliphatic rings. The third-order valence-corrected chi connectivity index (χ3v) is 2.47. The van der Waals surface area contributed by atoms with Crippen LogP contribution < -0.4 is 0 Å². The zero-order chi connectivity index (χ0) is 7.28. The summed E-state index contributed by atoms with van der Waals surface area (Å²) in [7, 11) is 0. The fraction of sp³-hybridized carbons (Fsp3) is 1.00. The second-order valence-corrected chi connectivity index (χ2v) is 3.16.